The van der Waals surface area contributed by atoms with Crippen LogP contribution in [0.5, 0.6) is 0 Å². The van der Waals surface area contributed by atoms with Gasteiger partial charge in [0, 0.05) is 0 Å². The van der Waals surface area contributed by atoms with Gasteiger partial charge in [0.15, 0.2) is 6.29 Å². The monoisotopic (exact) mass is 342 g/mol. The number of ether oxygens (including phenoxy) is 3. The van der Waals surface area contributed by atoms with E-state index in [2.05, 4.69) is 0 Å². The fraction of sp³-hybridized carbons (Fsp3) is 1.00. The Balaban J connectivity index is 2.14. The van der Waals surface area contributed by atoms with Crippen LogP contribution in [0.15, 0.2) is 0 Å². The van der Waals surface area contributed by atoms with E-state index in [-0.39, 0.29) is 0 Å². The Hall–Kier alpha value is -0.440. The Bertz CT molecular complexity index is 389. The zero-order valence-electron chi connectivity index (χ0n) is 12.0. The van der Waals surface area contributed by atoms with Crippen LogP contribution in [0.1, 0.15) is 0 Å². The second-order valence-corrected chi connectivity index (χ2v) is 5.65. The zero-order chi connectivity index (χ0) is 17.4. The molecule has 0 radical (unpaired) electrons. The maximum absolute atomic E-state index is 9.94. The molecule has 0 aromatic rings. The minimum atomic E-state index is -2.65. The third kappa shape index (κ3) is 3.65. The SMILES string of the molecule is OC[C@H]1O[C@@H](O[C@@H]2[C@@H](CO)OCC(O)(O)[C@H]2O)[C@H](O)[C@@H](O)[C@H]1O. The molecular formula is C12H22O11. The molecule has 23 heavy (non-hydrogen) atoms. The van der Waals surface area contributed by atoms with Crippen molar-refractivity contribution in [3.8, 4) is 0 Å². The smallest absolute Gasteiger partial charge is 0.216 e. The molecule has 2 aliphatic rings. The molecule has 2 saturated heterocycles. The first kappa shape index (κ1) is 18.9. The van der Waals surface area contributed by atoms with E-state index in [0.29, 0.717) is 0 Å². The van der Waals surface area contributed by atoms with E-state index in [1.54, 1.807) is 0 Å². The molecule has 0 spiro atoms. The Morgan fingerprint density at radius 2 is 1.52 bits per heavy atom. The van der Waals surface area contributed by atoms with Crippen LogP contribution >= 0.6 is 0 Å². The molecule has 0 amide bonds. The molecule has 11 nitrogen and oxygen atoms in total. The van der Waals surface area contributed by atoms with Crippen molar-refractivity contribution in [1.29, 1.82) is 0 Å². The summed E-state index contributed by atoms with van der Waals surface area (Å²) in [6.07, 6.45) is -12.4. The molecule has 2 aliphatic heterocycles. The highest BCUT2D eigenvalue weighted by Crippen LogP contribution is 2.29. The third-order valence-corrected chi connectivity index (χ3v) is 3.98. The molecule has 11 heteroatoms. The minimum Gasteiger partial charge on any atom is -0.394 e. The van der Waals surface area contributed by atoms with Crippen LogP contribution < -0.4 is 0 Å². The maximum Gasteiger partial charge on any atom is 0.216 e. The highest BCUT2D eigenvalue weighted by atomic mass is 16.7. The molecule has 2 heterocycles. The number of hydrogen-bond acceptors (Lipinski definition) is 11. The number of aliphatic hydroxyl groups is 8. The van der Waals surface area contributed by atoms with Crippen molar-refractivity contribution >= 4 is 0 Å². The van der Waals surface area contributed by atoms with Crippen LogP contribution in [0, 0.1) is 0 Å². The van der Waals surface area contributed by atoms with Crippen molar-refractivity contribution in [1.82, 2.24) is 0 Å². The molecule has 0 aliphatic carbocycles. The fourth-order valence-electron chi connectivity index (χ4n) is 2.53. The number of aliphatic hydroxyl groups excluding tert-OH is 6. The van der Waals surface area contributed by atoms with E-state index in [9.17, 15) is 35.7 Å². The van der Waals surface area contributed by atoms with Crippen LogP contribution in [-0.2, 0) is 14.2 Å². The third-order valence-electron chi connectivity index (χ3n) is 3.98. The van der Waals surface area contributed by atoms with E-state index in [4.69, 9.17) is 19.3 Å². The molecule has 2 fully saturated rings. The number of rotatable bonds is 4. The molecule has 0 bridgehead atoms. The first-order valence-electron chi connectivity index (χ1n) is 7.04. The topological polar surface area (TPSA) is 190 Å². The lowest BCUT2D eigenvalue weighted by Crippen LogP contribution is -2.66. The van der Waals surface area contributed by atoms with Crippen molar-refractivity contribution in [3.63, 3.8) is 0 Å². The van der Waals surface area contributed by atoms with Gasteiger partial charge in [-0.05, 0) is 0 Å². The van der Waals surface area contributed by atoms with Gasteiger partial charge in [0.05, 0.1) is 13.2 Å². The van der Waals surface area contributed by atoms with Gasteiger partial charge in [-0.15, -0.1) is 0 Å². The van der Waals surface area contributed by atoms with Crippen molar-refractivity contribution in [2.24, 2.45) is 0 Å². The van der Waals surface area contributed by atoms with Crippen LogP contribution in [0.25, 0.3) is 0 Å². The van der Waals surface area contributed by atoms with Crippen LogP contribution in [-0.4, -0.2) is 115 Å². The lowest BCUT2D eigenvalue weighted by atomic mass is 9.96. The van der Waals surface area contributed by atoms with Crippen LogP contribution in [0.2, 0.25) is 0 Å². The Kier molecular flexibility index (Phi) is 5.92. The zero-order valence-corrected chi connectivity index (χ0v) is 12.0. The first-order chi connectivity index (χ1) is 10.7. The summed E-state index contributed by atoms with van der Waals surface area (Å²) in [6.45, 7) is -1.98. The molecular weight excluding hydrogens is 320 g/mol. The first-order valence-corrected chi connectivity index (χ1v) is 7.04. The van der Waals surface area contributed by atoms with Gasteiger partial charge in [0.25, 0.3) is 0 Å². The van der Waals surface area contributed by atoms with Gasteiger partial charge in [-0.25, -0.2) is 0 Å². The second kappa shape index (κ2) is 7.21. The summed E-state index contributed by atoms with van der Waals surface area (Å²) in [5.41, 5.74) is 0. The number of hydrogen-bond donors (Lipinski definition) is 8. The standard InChI is InChI=1S/C12H22O11/c13-1-4-6(15)7(16)8(17)11(22-4)23-9-5(2-14)21-3-12(19,20)10(9)18/h4-11,13-20H,1-3H2/t4-,5-,6+,7+,8-,9-,10+,11+/m1/s1. The van der Waals surface area contributed by atoms with Gasteiger partial charge in [0.2, 0.25) is 5.79 Å². The van der Waals surface area contributed by atoms with E-state index in [1.165, 1.54) is 0 Å². The predicted octanol–water partition coefficient (Wildman–Crippen LogP) is -5.40. The second-order valence-electron chi connectivity index (χ2n) is 5.65. The average molecular weight is 342 g/mol. The lowest BCUT2D eigenvalue weighted by molar-refractivity contribution is -0.369. The van der Waals surface area contributed by atoms with Gasteiger partial charge < -0.3 is 55.1 Å². The molecule has 0 saturated carbocycles. The largest absolute Gasteiger partial charge is 0.394 e. The van der Waals surface area contributed by atoms with E-state index in [0.717, 1.165) is 0 Å². The van der Waals surface area contributed by atoms with Gasteiger partial charge >= 0.3 is 0 Å². The summed E-state index contributed by atoms with van der Waals surface area (Å²) in [5.74, 6) is -2.65. The summed E-state index contributed by atoms with van der Waals surface area (Å²) in [6, 6.07) is 0. The van der Waals surface area contributed by atoms with Gasteiger partial charge in [-0.3, -0.25) is 0 Å². The van der Waals surface area contributed by atoms with Gasteiger partial charge in [0.1, 0.15) is 49.3 Å². The van der Waals surface area contributed by atoms with E-state index >= 15 is 0 Å². The Labute approximate surface area is 130 Å². The van der Waals surface area contributed by atoms with Gasteiger partial charge in [-0.1, -0.05) is 0 Å². The highest BCUT2D eigenvalue weighted by Gasteiger charge is 2.52. The molecule has 8 atom stereocenters. The van der Waals surface area contributed by atoms with E-state index < -0.39 is 74.6 Å². The average Bonchev–Trinajstić information content (AvgIpc) is 2.52. The quantitative estimate of drug-likeness (QED) is 0.228. The normalized spacial score (nSPS) is 47.5. The Morgan fingerprint density at radius 1 is 0.913 bits per heavy atom. The van der Waals surface area contributed by atoms with Crippen LogP contribution in [0.3, 0.4) is 0 Å². The van der Waals surface area contributed by atoms with E-state index in [1.807, 2.05) is 0 Å². The maximum atomic E-state index is 9.94. The lowest BCUT2D eigenvalue weighted by Gasteiger charge is -2.46. The molecule has 8 N–H and O–H groups in total. The van der Waals surface area contributed by atoms with Crippen LogP contribution in [0.4, 0.5) is 0 Å². The molecule has 0 unspecified atom stereocenters. The fourth-order valence-corrected chi connectivity index (χ4v) is 2.53. The molecule has 2 rings (SSSR count). The minimum absolute atomic E-state index is 0.630. The van der Waals surface area contributed by atoms with Crippen molar-refractivity contribution in [2.45, 2.75) is 54.8 Å². The summed E-state index contributed by atoms with van der Waals surface area (Å²) < 4.78 is 15.3. The van der Waals surface area contributed by atoms with Crippen molar-refractivity contribution in [3.05, 3.63) is 0 Å². The van der Waals surface area contributed by atoms with Gasteiger partial charge in [-0.2, -0.15) is 0 Å². The molecule has 136 valence electrons. The summed E-state index contributed by atoms with van der Waals surface area (Å²) >= 11 is 0. The molecule has 0 aromatic carbocycles. The summed E-state index contributed by atoms with van der Waals surface area (Å²) in [4.78, 5) is 0. The van der Waals surface area contributed by atoms with Crippen molar-refractivity contribution < 1.29 is 55.1 Å². The summed E-state index contributed by atoms with van der Waals surface area (Å²) in [5, 5.41) is 76.7. The Morgan fingerprint density at radius 3 is 2.09 bits per heavy atom. The summed E-state index contributed by atoms with van der Waals surface area (Å²) in [7, 11) is 0. The predicted molar refractivity (Wildman–Crippen MR) is 68.6 cm³/mol. The van der Waals surface area contributed by atoms with Crippen molar-refractivity contribution in [2.75, 3.05) is 19.8 Å². The highest BCUT2D eigenvalue weighted by molar-refractivity contribution is 4.94. The molecule has 0 aromatic heterocycles.